The first kappa shape index (κ1) is 12.1. The van der Waals surface area contributed by atoms with E-state index in [0.29, 0.717) is 0 Å². The average molecular weight is 254 g/mol. The van der Waals surface area contributed by atoms with Crippen LogP contribution in [0.2, 0.25) is 0 Å². The van der Waals surface area contributed by atoms with E-state index in [1.165, 1.54) is 5.56 Å². The lowest BCUT2D eigenvalue weighted by Crippen LogP contribution is -2.46. The summed E-state index contributed by atoms with van der Waals surface area (Å²) in [6.07, 6.45) is 0.0404. The minimum Gasteiger partial charge on any atom is -0.471 e. The Balaban J connectivity index is 1.88. The topological polar surface area (TPSA) is 24.5 Å². The summed E-state index contributed by atoms with van der Waals surface area (Å²) in [4.78, 5) is 2.36. The normalized spacial score (nSPS) is 17.7. The first-order valence-corrected chi connectivity index (χ1v) is 6.58. The molecule has 3 rings (SSSR count). The Morgan fingerprint density at radius 1 is 1.11 bits per heavy atom. The van der Waals surface area contributed by atoms with Gasteiger partial charge in [0.2, 0.25) is 0 Å². The van der Waals surface area contributed by atoms with Crippen molar-refractivity contribution >= 4 is 5.69 Å². The van der Waals surface area contributed by atoms with Gasteiger partial charge in [-0.2, -0.15) is 0 Å². The van der Waals surface area contributed by atoms with Gasteiger partial charge in [0.15, 0.2) is 6.23 Å². The van der Waals surface area contributed by atoms with Crippen LogP contribution < -0.4 is 15.0 Å². The van der Waals surface area contributed by atoms with E-state index in [1.54, 1.807) is 0 Å². The minimum atomic E-state index is 0.0404. The smallest absolute Gasteiger partial charge is 0.167 e. The molecule has 1 atom stereocenters. The Morgan fingerprint density at radius 2 is 1.84 bits per heavy atom. The lowest BCUT2D eigenvalue weighted by molar-refractivity contribution is 0.166. The highest BCUT2D eigenvalue weighted by Crippen LogP contribution is 2.33. The average Bonchev–Trinajstić information content (AvgIpc) is 2.48. The summed E-state index contributed by atoms with van der Waals surface area (Å²) in [7, 11) is 1.93. The number of fused-ring (bicyclic) bond motifs is 1. The number of rotatable bonds is 3. The van der Waals surface area contributed by atoms with Crippen LogP contribution in [0, 0.1) is 0 Å². The molecule has 3 nitrogen and oxygen atoms in total. The van der Waals surface area contributed by atoms with Crippen molar-refractivity contribution in [2.75, 3.05) is 18.5 Å². The van der Waals surface area contributed by atoms with Gasteiger partial charge in [-0.05, 0) is 24.7 Å². The standard InChI is InChI=1S/C16H18N2O/c1-17-16-12-18(11-13-7-3-2-4-8-13)14-9-5-6-10-15(14)19-16/h2-10,16-17H,11-12H2,1H3. The number of anilines is 1. The summed E-state index contributed by atoms with van der Waals surface area (Å²) in [5.74, 6) is 0.948. The summed E-state index contributed by atoms with van der Waals surface area (Å²) < 4.78 is 5.90. The van der Waals surface area contributed by atoms with Crippen LogP contribution in [0.1, 0.15) is 5.56 Å². The highest BCUT2D eigenvalue weighted by atomic mass is 16.5. The fourth-order valence-electron chi connectivity index (χ4n) is 2.41. The third-order valence-corrected chi connectivity index (χ3v) is 3.40. The highest BCUT2D eigenvalue weighted by molar-refractivity contribution is 5.60. The van der Waals surface area contributed by atoms with Gasteiger partial charge in [0.05, 0.1) is 12.2 Å². The lowest BCUT2D eigenvalue weighted by Gasteiger charge is -2.36. The number of para-hydroxylation sites is 2. The number of nitrogens with zero attached hydrogens (tertiary/aromatic N) is 1. The summed E-state index contributed by atoms with van der Waals surface area (Å²) >= 11 is 0. The fraction of sp³-hybridized carbons (Fsp3) is 0.250. The number of nitrogens with one attached hydrogen (secondary N) is 1. The van der Waals surface area contributed by atoms with Gasteiger partial charge in [-0.25, -0.2) is 0 Å². The number of ether oxygens (including phenoxy) is 1. The lowest BCUT2D eigenvalue weighted by atomic mass is 10.1. The molecule has 0 spiro atoms. The Hall–Kier alpha value is -2.00. The third-order valence-electron chi connectivity index (χ3n) is 3.40. The van der Waals surface area contributed by atoms with Crippen LogP contribution in [0.4, 0.5) is 5.69 Å². The molecule has 3 heteroatoms. The minimum absolute atomic E-state index is 0.0404. The Morgan fingerprint density at radius 3 is 2.63 bits per heavy atom. The first-order valence-electron chi connectivity index (χ1n) is 6.58. The summed E-state index contributed by atoms with van der Waals surface area (Å²) in [6, 6.07) is 18.7. The number of benzene rings is 2. The molecule has 98 valence electrons. The molecule has 2 aromatic carbocycles. The van der Waals surface area contributed by atoms with Crippen molar-refractivity contribution in [1.82, 2.24) is 5.32 Å². The largest absolute Gasteiger partial charge is 0.471 e. The maximum absolute atomic E-state index is 5.90. The first-order chi connectivity index (χ1) is 9.36. The van der Waals surface area contributed by atoms with Gasteiger partial charge in [0.1, 0.15) is 5.75 Å². The van der Waals surface area contributed by atoms with Crippen molar-refractivity contribution in [2.24, 2.45) is 0 Å². The van der Waals surface area contributed by atoms with Crippen molar-refractivity contribution in [1.29, 1.82) is 0 Å². The van der Waals surface area contributed by atoms with Crippen LogP contribution in [0.25, 0.3) is 0 Å². The van der Waals surface area contributed by atoms with E-state index in [9.17, 15) is 0 Å². The highest BCUT2D eigenvalue weighted by Gasteiger charge is 2.24. The zero-order valence-electron chi connectivity index (χ0n) is 11.0. The Kier molecular flexibility index (Phi) is 3.38. The van der Waals surface area contributed by atoms with Crippen LogP contribution >= 0.6 is 0 Å². The summed E-state index contributed by atoms with van der Waals surface area (Å²) in [5, 5.41) is 3.20. The van der Waals surface area contributed by atoms with Crippen LogP contribution in [0.3, 0.4) is 0 Å². The van der Waals surface area contributed by atoms with Gasteiger partial charge in [0.25, 0.3) is 0 Å². The van der Waals surface area contributed by atoms with Gasteiger partial charge in [-0.15, -0.1) is 0 Å². The maximum Gasteiger partial charge on any atom is 0.167 e. The second kappa shape index (κ2) is 5.33. The monoisotopic (exact) mass is 254 g/mol. The molecule has 1 aliphatic rings. The quantitative estimate of drug-likeness (QED) is 0.911. The van der Waals surface area contributed by atoms with Crippen LogP contribution in [-0.4, -0.2) is 19.8 Å². The van der Waals surface area contributed by atoms with Crippen molar-refractivity contribution in [3.8, 4) is 5.75 Å². The van der Waals surface area contributed by atoms with Crippen molar-refractivity contribution in [3.05, 3.63) is 60.2 Å². The van der Waals surface area contributed by atoms with Crippen LogP contribution in [-0.2, 0) is 6.54 Å². The van der Waals surface area contributed by atoms with Gasteiger partial charge in [-0.1, -0.05) is 42.5 Å². The van der Waals surface area contributed by atoms with Gasteiger partial charge >= 0.3 is 0 Å². The van der Waals surface area contributed by atoms with Gasteiger partial charge in [0, 0.05) is 6.54 Å². The predicted molar refractivity (Wildman–Crippen MR) is 77.4 cm³/mol. The van der Waals surface area contributed by atoms with Crippen LogP contribution in [0.15, 0.2) is 54.6 Å². The zero-order chi connectivity index (χ0) is 13.1. The third kappa shape index (κ3) is 2.56. The molecule has 0 saturated heterocycles. The predicted octanol–water partition coefficient (Wildman–Crippen LogP) is 2.63. The van der Waals surface area contributed by atoms with Crippen LogP contribution in [0.5, 0.6) is 5.75 Å². The molecule has 1 heterocycles. The van der Waals surface area contributed by atoms with Crippen molar-refractivity contribution in [3.63, 3.8) is 0 Å². The molecule has 1 aliphatic heterocycles. The van der Waals surface area contributed by atoms with E-state index in [1.807, 2.05) is 25.2 Å². The molecular weight excluding hydrogens is 236 g/mol. The molecule has 0 amide bonds. The van der Waals surface area contributed by atoms with E-state index < -0.39 is 0 Å². The van der Waals surface area contributed by atoms with Gasteiger partial charge in [-0.3, -0.25) is 5.32 Å². The molecule has 19 heavy (non-hydrogen) atoms. The maximum atomic E-state index is 5.90. The Bertz CT molecular complexity index is 541. The zero-order valence-corrected chi connectivity index (χ0v) is 11.0. The van der Waals surface area contributed by atoms with E-state index in [-0.39, 0.29) is 6.23 Å². The Labute approximate surface area is 113 Å². The molecule has 2 aromatic rings. The number of hydrogen-bond acceptors (Lipinski definition) is 3. The second-order valence-corrected chi connectivity index (χ2v) is 4.73. The SMILES string of the molecule is CNC1CN(Cc2ccccc2)c2ccccc2O1. The van der Waals surface area contributed by atoms with E-state index in [0.717, 1.165) is 24.5 Å². The van der Waals surface area contributed by atoms with Crippen molar-refractivity contribution in [2.45, 2.75) is 12.8 Å². The molecule has 1 N–H and O–H groups in total. The van der Waals surface area contributed by atoms with E-state index in [4.69, 9.17) is 4.74 Å². The number of likely N-dealkylation sites (N-methyl/N-ethyl adjacent to an activating group) is 1. The molecule has 0 aromatic heterocycles. The summed E-state index contributed by atoms with van der Waals surface area (Å²) in [6.45, 7) is 1.75. The molecule has 0 radical (unpaired) electrons. The van der Waals surface area contributed by atoms with Crippen molar-refractivity contribution < 1.29 is 4.74 Å². The van der Waals surface area contributed by atoms with E-state index in [2.05, 4.69) is 46.6 Å². The molecular formula is C16H18N2O. The second-order valence-electron chi connectivity index (χ2n) is 4.73. The van der Waals surface area contributed by atoms with E-state index >= 15 is 0 Å². The number of hydrogen-bond donors (Lipinski definition) is 1. The fourth-order valence-corrected chi connectivity index (χ4v) is 2.41. The summed E-state index contributed by atoms with van der Waals surface area (Å²) in [5.41, 5.74) is 2.48. The molecule has 0 saturated carbocycles. The molecule has 0 bridgehead atoms. The molecule has 0 fully saturated rings. The molecule has 1 unspecified atom stereocenters. The van der Waals surface area contributed by atoms with Gasteiger partial charge < -0.3 is 9.64 Å². The molecule has 0 aliphatic carbocycles.